The Morgan fingerprint density at radius 1 is 0.955 bits per heavy atom. The van der Waals surface area contributed by atoms with Gasteiger partial charge in [0.25, 0.3) is 5.88 Å². The predicted molar refractivity (Wildman–Crippen MR) is 178 cm³/mol. The zero-order valence-electron chi connectivity index (χ0n) is 26.4. The minimum absolute atomic E-state index is 0.00193. The maximum absolute atomic E-state index is 11.7. The molecule has 0 aliphatic carbocycles. The van der Waals surface area contributed by atoms with Gasteiger partial charge in [-0.3, -0.25) is 0 Å². The van der Waals surface area contributed by atoms with Crippen LogP contribution in [0.5, 0.6) is 5.88 Å². The number of rotatable bonds is 11. The van der Waals surface area contributed by atoms with Crippen molar-refractivity contribution < 1.29 is 19.3 Å². The van der Waals surface area contributed by atoms with E-state index in [1.54, 1.807) is 18.2 Å². The number of aryl methyl sites for hydroxylation is 2. The van der Waals surface area contributed by atoms with E-state index in [1.807, 2.05) is 12.1 Å². The van der Waals surface area contributed by atoms with Crippen molar-refractivity contribution in [1.82, 2.24) is 4.98 Å². The van der Waals surface area contributed by atoms with Crippen LogP contribution in [0, 0.1) is 25.7 Å². The van der Waals surface area contributed by atoms with Crippen LogP contribution >= 0.6 is 11.9 Å². The Labute approximate surface area is 265 Å². The third-order valence-electron chi connectivity index (χ3n) is 7.92. The number of nitrogens with zero attached hydrogens (tertiary/aromatic N) is 3. The van der Waals surface area contributed by atoms with Crippen LogP contribution in [0.1, 0.15) is 67.6 Å². The molecule has 1 aliphatic rings. The highest BCUT2D eigenvalue weighted by molar-refractivity contribution is 8.00. The highest BCUT2D eigenvalue weighted by atomic mass is 32.2. The molecule has 0 spiro atoms. The lowest BCUT2D eigenvalue weighted by Gasteiger charge is -2.43. The fourth-order valence-corrected chi connectivity index (χ4v) is 6.65. The van der Waals surface area contributed by atoms with Gasteiger partial charge in [-0.2, -0.15) is 0 Å². The van der Waals surface area contributed by atoms with Crippen LogP contribution in [0.15, 0.2) is 83.8 Å². The number of nitrogens with one attached hydrogen (secondary N) is 1. The lowest BCUT2D eigenvalue weighted by Crippen LogP contribution is -2.71. The first kappa shape index (κ1) is 31.4. The second kappa shape index (κ2) is 13.7. The van der Waals surface area contributed by atoms with E-state index in [4.69, 9.17) is 9.72 Å². The number of hydrogen-bond acceptors (Lipinski definition) is 6. The topological polar surface area (TPSA) is 78.6 Å². The first-order chi connectivity index (χ1) is 21.1. The quantitative estimate of drug-likeness (QED) is 0.132. The summed E-state index contributed by atoms with van der Waals surface area (Å²) in [5.41, 5.74) is 5.65. The maximum Gasteiger partial charge on any atom is 0.429 e. The Kier molecular flexibility index (Phi) is 9.79. The van der Waals surface area contributed by atoms with Crippen LogP contribution < -0.4 is 19.1 Å². The summed E-state index contributed by atoms with van der Waals surface area (Å²) in [6.45, 7) is 13.9. The van der Waals surface area contributed by atoms with Gasteiger partial charge in [-0.25, -0.2) is 14.5 Å². The Bertz CT molecular complexity index is 1590. The molecular formula is C36H43N4O3S+. The molecule has 2 heterocycles. The van der Waals surface area contributed by atoms with Crippen LogP contribution in [0.3, 0.4) is 0 Å². The molecule has 1 aromatic heterocycles. The standard InChI is InChI=1S/C36H42N4O3S/c1-23(2)18-31-32(19-24(3)4)43-33-21-30(34-25(5)12-10-13-26(34)6)37-36(38-44-29-17-11-16-28(20-29)35(41)42)40(33)39(31)22-27-14-8-7-9-15-27/h7-17,20-21,23-24,31-32H,18-19,22H2,1-6H3,(H,41,42)/p+1. The third kappa shape index (κ3) is 7.18. The summed E-state index contributed by atoms with van der Waals surface area (Å²) in [7, 11) is 0. The van der Waals surface area contributed by atoms with Gasteiger partial charge in [0.05, 0.1) is 36.2 Å². The predicted octanol–water partition coefficient (Wildman–Crippen LogP) is 7.83. The fourth-order valence-electron chi connectivity index (χ4n) is 5.98. The normalized spacial score (nSPS) is 16.1. The van der Waals surface area contributed by atoms with Crippen LogP contribution in [0.2, 0.25) is 0 Å². The number of anilines is 1. The highest BCUT2D eigenvalue weighted by Gasteiger charge is 2.42. The molecule has 4 aromatic rings. The number of hydrogen-bond donors (Lipinski definition) is 2. The molecule has 0 bridgehead atoms. The molecule has 0 amide bonds. The highest BCUT2D eigenvalue weighted by Crippen LogP contribution is 2.34. The zero-order chi connectivity index (χ0) is 31.4. The fraction of sp³-hybridized carbons (Fsp3) is 0.361. The summed E-state index contributed by atoms with van der Waals surface area (Å²) in [6, 6.07) is 25.9. The minimum Gasteiger partial charge on any atom is -0.478 e. The molecule has 8 heteroatoms. The number of benzene rings is 3. The Morgan fingerprint density at radius 2 is 1.64 bits per heavy atom. The van der Waals surface area contributed by atoms with Gasteiger partial charge >= 0.3 is 11.9 Å². The van der Waals surface area contributed by atoms with Crippen LogP contribution in [-0.4, -0.2) is 28.2 Å². The second-order valence-corrected chi connectivity index (χ2v) is 13.4. The molecule has 5 rings (SSSR count). The summed E-state index contributed by atoms with van der Waals surface area (Å²) in [5.74, 6) is 1.34. The minimum atomic E-state index is -0.954. The average Bonchev–Trinajstić information content (AvgIpc) is 2.97. The number of carboxylic acids is 1. The van der Waals surface area contributed by atoms with E-state index >= 15 is 0 Å². The number of carbonyl (C=O) groups is 1. The van der Waals surface area contributed by atoms with Crippen LogP contribution in [0.4, 0.5) is 5.95 Å². The van der Waals surface area contributed by atoms with E-state index in [0.717, 1.165) is 46.0 Å². The van der Waals surface area contributed by atoms with E-state index in [2.05, 4.69) is 104 Å². The molecule has 0 saturated heterocycles. The Balaban J connectivity index is 1.68. The van der Waals surface area contributed by atoms with Gasteiger partial charge in [0.15, 0.2) is 5.69 Å². The first-order valence-electron chi connectivity index (χ1n) is 15.4. The van der Waals surface area contributed by atoms with Crippen molar-refractivity contribution in [3.8, 4) is 17.1 Å². The van der Waals surface area contributed by atoms with Gasteiger partial charge in [0.2, 0.25) is 0 Å². The molecule has 0 fully saturated rings. The average molecular weight is 612 g/mol. The summed E-state index contributed by atoms with van der Waals surface area (Å²) >= 11 is 1.35. The van der Waals surface area contributed by atoms with E-state index in [-0.39, 0.29) is 17.7 Å². The van der Waals surface area contributed by atoms with Crippen molar-refractivity contribution in [3.05, 3.63) is 101 Å². The largest absolute Gasteiger partial charge is 0.478 e. The van der Waals surface area contributed by atoms with Gasteiger partial charge in [0, 0.05) is 10.5 Å². The van der Waals surface area contributed by atoms with E-state index in [0.29, 0.717) is 24.3 Å². The smallest absolute Gasteiger partial charge is 0.429 e. The molecular weight excluding hydrogens is 568 g/mol. The monoisotopic (exact) mass is 611 g/mol. The number of aromatic carboxylic acids is 1. The molecule has 230 valence electrons. The van der Waals surface area contributed by atoms with Crippen molar-refractivity contribution >= 4 is 23.9 Å². The lowest BCUT2D eigenvalue weighted by atomic mass is 9.92. The molecule has 2 unspecified atom stereocenters. The molecule has 44 heavy (non-hydrogen) atoms. The Morgan fingerprint density at radius 3 is 2.30 bits per heavy atom. The Hall–Kier alpha value is -4.04. The molecule has 0 saturated carbocycles. The summed E-state index contributed by atoms with van der Waals surface area (Å²) in [6.07, 6.45) is 1.90. The van der Waals surface area contributed by atoms with E-state index < -0.39 is 5.97 Å². The summed E-state index contributed by atoms with van der Waals surface area (Å²) < 4.78 is 12.6. The van der Waals surface area contributed by atoms with E-state index in [9.17, 15) is 9.90 Å². The van der Waals surface area contributed by atoms with Crippen molar-refractivity contribution in [1.29, 1.82) is 0 Å². The summed E-state index contributed by atoms with van der Waals surface area (Å²) in [5, 5.41) is 12.0. The van der Waals surface area contributed by atoms with Gasteiger partial charge in [0.1, 0.15) is 6.10 Å². The van der Waals surface area contributed by atoms with E-state index in [1.165, 1.54) is 17.5 Å². The molecule has 0 radical (unpaired) electrons. The molecule has 3 aromatic carbocycles. The number of carboxylic acid groups (broad SMARTS) is 1. The molecule has 2 atom stereocenters. The van der Waals surface area contributed by atoms with Crippen molar-refractivity contribution in [3.63, 3.8) is 0 Å². The van der Waals surface area contributed by atoms with Gasteiger partial charge in [-0.1, -0.05) is 92.0 Å². The van der Waals surface area contributed by atoms with Gasteiger partial charge in [-0.15, -0.1) is 0 Å². The summed E-state index contributed by atoms with van der Waals surface area (Å²) in [4.78, 5) is 17.7. The third-order valence-corrected chi connectivity index (χ3v) is 8.69. The number of fused-ring (bicyclic) bond motifs is 1. The van der Waals surface area contributed by atoms with Crippen molar-refractivity contribution in [2.75, 3.05) is 9.73 Å². The maximum atomic E-state index is 11.7. The molecule has 7 nitrogen and oxygen atoms in total. The zero-order valence-corrected chi connectivity index (χ0v) is 27.3. The van der Waals surface area contributed by atoms with Crippen molar-refractivity contribution in [2.24, 2.45) is 11.8 Å². The first-order valence-corrected chi connectivity index (χ1v) is 16.2. The van der Waals surface area contributed by atoms with Crippen LogP contribution in [-0.2, 0) is 6.54 Å². The lowest BCUT2D eigenvalue weighted by molar-refractivity contribution is -0.704. The second-order valence-electron chi connectivity index (χ2n) is 12.5. The molecule has 1 aliphatic heterocycles. The number of ether oxygens (including phenoxy) is 1. The van der Waals surface area contributed by atoms with Gasteiger partial charge in [-0.05, 0) is 73.4 Å². The SMILES string of the molecule is Cc1cccc(C)c1-c1cc2[n+](c(NSc3cccc(C(=O)O)c3)n1)N(Cc1ccccc1)C(CC(C)C)C(CC(C)C)O2. The van der Waals surface area contributed by atoms with Crippen LogP contribution in [0.25, 0.3) is 11.3 Å². The van der Waals surface area contributed by atoms with Crippen molar-refractivity contribution in [2.45, 2.75) is 78.0 Å². The van der Waals surface area contributed by atoms with Gasteiger partial charge < -0.3 is 9.84 Å². The number of aromatic nitrogens is 2. The molecule has 2 N–H and O–H groups in total.